The quantitative estimate of drug-likeness (QED) is 0.912. The van der Waals surface area contributed by atoms with Crippen molar-refractivity contribution in [3.05, 3.63) is 16.4 Å². The van der Waals surface area contributed by atoms with Crippen LogP contribution in [0.4, 0.5) is 0 Å². The van der Waals surface area contributed by atoms with Crippen LogP contribution < -0.4 is 5.73 Å². The molecule has 1 aromatic rings. The van der Waals surface area contributed by atoms with Crippen LogP contribution in [-0.4, -0.2) is 15.8 Å². The number of aryl methyl sites for hydroxylation is 2. The maximum Gasteiger partial charge on any atom is 0.0849 e. The molecule has 3 nitrogen and oxygen atoms in total. The summed E-state index contributed by atoms with van der Waals surface area (Å²) in [6.45, 7) is 5.13. The first-order valence-electron chi connectivity index (χ1n) is 7.15. The summed E-state index contributed by atoms with van der Waals surface area (Å²) >= 11 is 6.45. The molecular weight excluding hydrogens is 246 g/mol. The monoisotopic (exact) mass is 269 g/mol. The van der Waals surface area contributed by atoms with Gasteiger partial charge < -0.3 is 5.73 Å². The number of rotatable bonds is 4. The number of halogens is 1. The van der Waals surface area contributed by atoms with Crippen molar-refractivity contribution >= 4 is 11.6 Å². The smallest absolute Gasteiger partial charge is 0.0849 e. The van der Waals surface area contributed by atoms with E-state index in [0.717, 1.165) is 36.5 Å². The maximum absolute atomic E-state index is 6.45. The van der Waals surface area contributed by atoms with Crippen molar-refractivity contribution in [3.8, 4) is 0 Å². The lowest BCUT2D eigenvalue weighted by molar-refractivity contribution is 0.315. The molecule has 1 fully saturated rings. The largest absolute Gasteiger partial charge is 0.328 e. The van der Waals surface area contributed by atoms with Gasteiger partial charge in [-0.1, -0.05) is 24.9 Å². The van der Waals surface area contributed by atoms with Gasteiger partial charge in [-0.15, -0.1) is 0 Å². The Morgan fingerprint density at radius 3 is 2.78 bits per heavy atom. The van der Waals surface area contributed by atoms with E-state index < -0.39 is 0 Å². The number of nitrogens with zero attached hydrogens (tertiary/aromatic N) is 2. The second-order valence-electron chi connectivity index (χ2n) is 5.37. The van der Waals surface area contributed by atoms with Crippen molar-refractivity contribution in [2.75, 3.05) is 0 Å². The topological polar surface area (TPSA) is 43.8 Å². The van der Waals surface area contributed by atoms with E-state index in [2.05, 4.69) is 23.6 Å². The fourth-order valence-corrected chi connectivity index (χ4v) is 3.35. The lowest BCUT2D eigenvalue weighted by Gasteiger charge is -2.26. The predicted molar refractivity (Wildman–Crippen MR) is 75.9 cm³/mol. The molecule has 0 aromatic carbocycles. The summed E-state index contributed by atoms with van der Waals surface area (Å²) in [5.41, 5.74) is 8.32. The van der Waals surface area contributed by atoms with Crippen molar-refractivity contribution in [1.82, 2.24) is 9.78 Å². The molecule has 0 amide bonds. The van der Waals surface area contributed by atoms with Crippen molar-refractivity contribution in [3.63, 3.8) is 0 Å². The van der Waals surface area contributed by atoms with Crippen LogP contribution in [-0.2, 0) is 19.4 Å². The van der Waals surface area contributed by atoms with Crippen molar-refractivity contribution in [1.29, 1.82) is 0 Å². The molecule has 2 unspecified atom stereocenters. The molecule has 1 aromatic heterocycles. The maximum atomic E-state index is 6.45. The molecule has 0 saturated heterocycles. The Morgan fingerprint density at radius 1 is 1.39 bits per heavy atom. The molecule has 2 N–H and O–H groups in total. The van der Waals surface area contributed by atoms with E-state index in [0.29, 0.717) is 12.0 Å². The molecule has 18 heavy (non-hydrogen) atoms. The highest BCUT2D eigenvalue weighted by molar-refractivity contribution is 6.31. The van der Waals surface area contributed by atoms with Gasteiger partial charge in [-0.3, -0.25) is 4.68 Å². The standard InChI is InChI=1S/C14H24ClN3/c1-3-12-14(15)13(18(4-2)17-12)9-10-6-5-7-11(16)8-10/h10-11H,3-9,16H2,1-2H3. The number of nitrogens with two attached hydrogens (primary N) is 1. The normalized spacial score (nSPS) is 24.4. The van der Waals surface area contributed by atoms with Gasteiger partial charge in [0.25, 0.3) is 0 Å². The molecule has 1 heterocycles. The summed E-state index contributed by atoms with van der Waals surface area (Å²) in [7, 11) is 0. The van der Waals surface area contributed by atoms with E-state index in [1.165, 1.54) is 25.0 Å². The fraction of sp³-hybridized carbons (Fsp3) is 0.786. The first-order chi connectivity index (χ1) is 8.65. The lowest BCUT2D eigenvalue weighted by Crippen LogP contribution is -2.29. The van der Waals surface area contributed by atoms with Gasteiger partial charge in [-0.25, -0.2) is 0 Å². The molecule has 1 aliphatic rings. The Balaban J connectivity index is 2.14. The van der Waals surface area contributed by atoms with E-state index in [1.807, 2.05) is 0 Å². The Hall–Kier alpha value is -0.540. The zero-order chi connectivity index (χ0) is 13.1. The van der Waals surface area contributed by atoms with Gasteiger partial charge in [-0.05, 0) is 44.9 Å². The molecule has 102 valence electrons. The van der Waals surface area contributed by atoms with Gasteiger partial charge in [0, 0.05) is 12.6 Å². The SMILES string of the molecule is CCc1nn(CC)c(CC2CCCC(N)C2)c1Cl. The van der Waals surface area contributed by atoms with E-state index in [-0.39, 0.29) is 0 Å². The summed E-state index contributed by atoms with van der Waals surface area (Å²) in [4.78, 5) is 0. The van der Waals surface area contributed by atoms with Gasteiger partial charge in [-0.2, -0.15) is 5.10 Å². The van der Waals surface area contributed by atoms with Gasteiger partial charge in [0.2, 0.25) is 0 Å². The van der Waals surface area contributed by atoms with Crippen LogP contribution in [0.25, 0.3) is 0 Å². The zero-order valence-corrected chi connectivity index (χ0v) is 12.2. The Bertz CT molecular complexity index is 400. The van der Waals surface area contributed by atoms with Gasteiger partial charge in [0.05, 0.1) is 16.4 Å². The van der Waals surface area contributed by atoms with Crippen LogP contribution >= 0.6 is 11.6 Å². The number of hydrogen-bond donors (Lipinski definition) is 1. The highest BCUT2D eigenvalue weighted by atomic mass is 35.5. The van der Waals surface area contributed by atoms with Crippen LogP contribution in [0, 0.1) is 5.92 Å². The minimum Gasteiger partial charge on any atom is -0.328 e. The second-order valence-corrected chi connectivity index (χ2v) is 5.75. The highest BCUT2D eigenvalue weighted by Gasteiger charge is 2.23. The van der Waals surface area contributed by atoms with E-state index in [1.54, 1.807) is 0 Å². The third-order valence-electron chi connectivity index (χ3n) is 4.00. The fourth-order valence-electron chi connectivity index (χ4n) is 3.00. The molecular formula is C14H24ClN3. The average Bonchev–Trinajstić information content (AvgIpc) is 2.66. The molecule has 0 bridgehead atoms. The van der Waals surface area contributed by atoms with Crippen LogP contribution in [0.3, 0.4) is 0 Å². The zero-order valence-electron chi connectivity index (χ0n) is 11.5. The minimum atomic E-state index is 0.381. The number of aromatic nitrogens is 2. The molecule has 1 aliphatic carbocycles. The molecule has 0 spiro atoms. The lowest BCUT2D eigenvalue weighted by atomic mass is 9.83. The van der Waals surface area contributed by atoms with E-state index in [4.69, 9.17) is 17.3 Å². The summed E-state index contributed by atoms with van der Waals surface area (Å²) in [5, 5.41) is 5.47. The number of hydrogen-bond acceptors (Lipinski definition) is 2. The molecule has 1 saturated carbocycles. The Kier molecular flexibility index (Phi) is 4.68. The van der Waals surface area contributed by atoms with Crippen molar-refractivity contribution < 1.29 is 0 Å². The van der Waals surface area contributed by atoms with Crippen LogP contribution in [0.2, 0.25) is 5.02 Å². The first kappa shape index (κ1) is 13.9. The van der Waals surface area contributed by atoms with E-state index in [9.17, 15) is 0 Å². The van der Waals surface area contributed by atoms with Crippen molar-refractivity contribution in [2.45, 2.75) is 65.0 Å². The van der Waals surface area contributed by atoms with Crippen molar-refractivity contribution in [2.24, 2.45) is 11.7 Å². The predicted octanol–water partition coefficient (Wildman–Crippen LogP) is 3.18. The summed E-state index contributed by atoms with van der Waals surface area (Å²) in [5.74, 6) is 0.679. The van der Waals surface area contributed by atoms with Gasteiger partial charge in [0.1, 0.15) is 0 Å². The minimum absolute atomic E-state index is 0.381. The molecule has 4 heteroatoms. The first-order valence-corrected chi connectivity index (χ1v) is 7.53. The van der Waals surface area contributed by atoms with E-state index >= 15 is 0 Å². The van der Waals surface area contributed by atoms with Crippen LogP contribution in [0.1, 0.15) is 50.9 Å². The Morgan fingerprint density at radius 2 is 2.17 bits per heavy atom. The second kappa shape index (κ2) is 6.07. The average molecular weight is 270 g/mol. The third kappa shape index (κ3) is 2.89. The van der Waals surface area contributed by atoms with Gasteiger partial charge in [0.15, 0.2) is 0 Å². The van der Waals surface area contributed by atoms with Crippen LogP contribution in [0.5, 0.6) is 0 Å². The summed E-state index contributed by atoms with van der Waals surface area (Å²) in [6.07, 6.45) is 6.78. The molecule has 0 radical (unpaired) electrons. The molecule has 2 atom stereocenters. The Labute approximate surface area is 115 Å². The third-order valence-corrected chi connectivity index (χ3v) is 4.44. The van der Waals surface area contributed by atoms with Crippen LogP contribution in [0.15, 0.2) is 0 Å². The highest BCUT2D eigenvalue weighted by Crippen LogP contribution is 2.30. The summed E-state index contributed by atoms with van der Waals surface area (Å²) in [6, 6.07) is 0.381. The van der Waals surface area contributed by atoms with Gasteiger partial charge >= 0.3 is 0 Å². The molecule has 2 rings (SSSR count). The summed E-state index contributed by atoms with van der Waals surface area (Å²) < 4.78 is 2.07. The molecule has 0 aliphatic heterocycles.